The predicted octanol–water partition coefficient (Wildman–Crippen LogP) is 3.49. The van der Waals surface area contributed by atoms with E-state index in [-0.39, 0.29) is 5.56 Å². The molecule has 0 aliphatic rings. The van der Waals surface area contributed by atoms with Gasteiger partial charge in [-0.2, -0.15) is 0 Å². The quantitative estimate of drug-likeness (QED) is 0.710. The Labute approximate surface area is 150 Å². The Morgan fingerprint density at radius 2 is 1.85 bits per heavy atom. The third-order valence-corrected chi connectivity index (χ3v) is 3.61. The number of carbonyl (C=O) groups excluding carboxylic acids is 1. The first-order valence-corrected chi connectivity index (χ1v) is 7.90. The molecule has 0 radical (unpaired) electrons. The van der Waals surface area contributed by atoms with E-state index in [1.807, 2.05) is 24.3 Å². The van der Waals surface area contributed by atoms with Gasteiger partial charge in [0.2, 0.25) is 5.95 Å². The van der Waals surface area contributed by atoms with E-state index in [9.17, 15) is 9.18 Å². The topological polar surface area (TPSA) is 76.1 Å². The normalized spacial score (nSPS) is 10.2. The fourth-order valence-electron chi connectivity index (χ4n) is 2.23. The van der Waals surface area contributed by atoms with Gasteiger partial charge >= 0.3 is 0 Å². The second-order valence-electron chi connectivity index (χ2n) is 5.46. The highest BCUT2D eigenvalue weighted by Gasteiger charge is 2.08. The molecule has 1 aromatic heterocycles. The maximum absolute atomic E-state index is 13.1. The minimum atomic E-state index is -0.419. The van der Waals surface area contributed by atoms with Gasteiger partial charge < -0.3 is 15.4 Å². The summed E-state index contributed by atoms with van der Waals surface area (Å²) in [7, 11) is 1.62. The van der Waals surface area contributed by atoms with Crippen LogP contribution in [-0.4, -0.2) is 23.0 Å². The lowest BCUT2D eigenvalue weighted by Crippen LogP contribution is -2.13. The first-order valence-electron chi connectivity index (χ1n) is 7.90. The Morgan fingerprint density at radius 1 is 1.12 bits per heavy atom. The summed E-state index contributed by atoms with van der Waals surface area (Å²) >= 11 is 0. The van der Waals surface area contributed by atoms with Crippen molar-refractivity contribution in [3.63, 3.8) is 0 Å². The number of hydrogen-bond acceptors (Lipinski definition) is 5. The Morgan fingerprint density at radius 3 is 2.50 bits per heavy atom. The third-order valence-electron chi connectivity index (χ3n) is 3.61. The fourth-order valence-corrected chi connectivity index (χ4v) is 2.23. The Hall–Kier alpha value is -3.48. The monoisotopic (exact) mass is 352 g/mol. The Bertz CT molecular complexity index is 883. The van der Waals surface area contributed by atoms with Gasteiger partial charge in [-0.15, -0.1) is 0 Å². The van der Waals surface area contributed by atoms with Crippen LogP contribution in [0.1, 0.15) is 15.9 Å². The Kier molecular flexibility index (Phi) is 5.38. The predicted molar refractivity (Wildman–Crippen MR) is 96.7 cm³/mol. The van der Waals surface area contributed by atoms with Crippen molar-refractivity contribution in [2.24, 2.45) is 0 Å². The average Bonchev–Trinajstić information content (AvgIpc) is 2.67. The number of rotatable bonds is 6. The van der Waals surface area contributed by atoms with E-state index in [0.717, 1.165) is 11.3 Å². The molecule has 26 heavy (non-hydrogen) atoms. The molecular weight excluding hydrogens is 335 g/mol. The number of anilines is 2. The van der Waals surface area contributed by atoms with Crippen molar-refractivity contribution >= 4 is 17.5 Å². The summed E-state index contributed by atoms with van der Waals surface area (Å²) in [6.45, 7) is 0.541. The van der Waals surface area contributed by atoms with E-state index < -0.39 is 11.7 Å². The lowest BCUT2D eigenvalue weighted by atomic mass is 10.2. The molecule has 2 aromatic carbocycles. The van der Waals surface area contributed by atoms with Gasteiger partial charge in [-0.05, 0) is 35.9 Å². The first-order chi connectivity index (χ1) is 12.6. The minimum absolute atomic E-state index is 0.282. The number of benzene rings is 2. The molecule has 0 spiro atoms. The van der Waals surface area contributed by atoms with Gasteiger partial charge in [-0.3, -0.25) is 4.79 Å². The van der Waals surface area contributed by atoms with E-state index in [2.05, 4.69) is 20.6 Å². The molecule has 6 nitrogen and oxygen atoms in total. The molecule has 1 amide bonds. The van der Waals surface area contributed by atoms with Crippen molar-refractivity contribution in [2.75, 3.05) is 17.7 Å². The zero-order chi connectivity index (χ0) is 18.4. The highest BCUT2D eigenvalue weighted by atomic mass is 19.1. The number of nitrogens with zero attached hydrogens (tertiary/aromatic N) is 2. The largest absolute Gasteiger partial charge is 0.497 e. The van der Waals surface area contributed by atoms with E-state index in [1.165, 1.54) is 30.6 Å². The molecule has 1 heterocycles. The summed E-state index contributed by atoms with van der Waals surface area (Å²) in [4.78, 5) is 20.4. The van der Waals surface area contributed by atoms with Gasteiger partial charge in [-0.1, -0.05) is 18.2 Å². The van der Waals surface area contributed by atoms with Crippen LogP contribution in [0.3, 0.4) is 0 Å². The molecule has 0 bridgehead atoms. The number of carbonyl (C=O) groups is 1. The smallest absolute Gasteiger partial charge is 0.258 e. The number of aromatic nitrogens is 2. The number of methoxy groups -OCH3 is 1. The van der Waals surface area contributed by atoms with Gasteiger partial charge in [0.05, 0.1) is 12.7 Å². The van der Waals surface area contributed by atoms with Crippen molar-refractivity contribution in [1.82, 2.24) is 9.97 Å². The molecule has 7 heteroatoms. The van der Waals surface area contributed by atoms with Crippen molar-refractivity contribution < 1.29 is 13.9 Å². The van der Waals surface area contributed by atoms with Gasteiger partial charge in [0.25, 0.3) is 5.91 Å². The molecule has 0 atom stereocenters. The van der Waals surface area contributed by atoms with Crippen LogP contribution < -0.4 is 15.4 Å². The number of nitrogens with one attached hydrogen (secondary N) is 2. The van der Waals surface area contributed by atoms with Gasteiger partial charge in [-0.25, -0.2) is 14.4 Å². The number of hydrogen-bond donors (Lipinski definition) is 2. The van der Waals surface area contributed by atoms with Crippen molar-refractivity contribution in [2.45, 2.75) is 6.54 Å². The van der Waals surface area contributed by atoms with Crippen LogP contribution in [0, 0.1) is 5.82 Å². The van der Waals surface area contributed by atoms with Crippen LogP contribution in [0.2, 0.25) is 0 Å². The SMILES string of the molecule is COc1ccc(CNc2ncc(C(=O)Nc3cccc(F)c3)cn2)cc1. The zero-order valence-electron chi connectivity index (χ0n) is 14.1. The zero-order valence-corrected chi connectivity index (χ0v) is 14.1. The van der Waals surface area contributed by atoms with Crippen LogP contribution in [0.25, 0.3) is 0 Å². The molecule has 0 fully saturated rings. The number of ether oxygens (including phenoxy) is 1. The van der Waals surface area contributed by atoms with Crippen LogP contribution in [-0.2, 0) is 6.54 Å². The summed E-state index contributed by atoms with van der Waals surface area (Å²) in [5.41, 5.74) is 1.70. The van der Waals surface area contributed by atoms with Crippen LogP contribution in [0.15, 0.2) is 60.9 Å². The number of halogens is 1. The molecule has 3 aromatic rings. The van der Waals surface area contributed by atoms with Crippen LogP contribution >= 0.6 is 0 Å². The van der Waals surface area contributed by atoms with Crippen molar-refractivity contribution in [3.05, 3.63) is 77.9 Å². The minimum Gasteiger partial charge on any atom is -0.497 e. The van der Waals surface area contributed by atoms with Crippen molar-refractivity contribution in [1.29, 1.82) is 0 Å². The van der Waals surface area contributed by atoms with Crippen LogP contribution in [0.5, 0.6) is 5.75 Å². The molecular formula is C19H17FN4O2. The lowest BCUT2D eigenvalue weighted by molar-refractivity contribution is 0.102. The molecule has 0 unspecified atom stereocenters. The standard InChI is InChI=1S/C19H17FN4O2/c1-26-17-7-5-13(6-8-17)10-21-19-22-11-14(12-23-19)18(25)24-16-4-2-3-15(20)9-16/h2-9,11-12H,10H2,1H3,(H,24,25)(H,21,22,23). The maximum atomic E-state index is 13.1. The second-order valence-corrected chi connectivity index (χ2v) is 5.46. The van der Waals surface area contributed by atoms with Gasteiger partial charge in [0, 0.05) is 24.6 Å². The molecule has 0 saturated carbocycles. The summed E-state index contributed by atoms with van der Waals surface area (Å²) in [5, 5.41) is 5.67. The molecule has 0 aliphatic heterocycles. The number of amides is 1. The van der Waals surface area contributed by atoms with Gasteiger partial charge in [0.15, 0.2) is 0 Å². The van der Waals surface area contributed by atoms with E-state index in [0.29, 0.717) is 18.2 Å². The summed E-state index contributed by atoms with van der Waals surface area (Å²) in [6.07, 6.45) is 2.83. The van der Waals surface area contributed by atoms with E-state index in [4.69, 9.17) is 4.74 Å². The molecule has 2 N–H and O–H groups in total. The fraction of sp³-hybridized carbons (Fsp3) is 0.105. The molecule has 132 valence electrons. The summed E-state index contributed by atoms with van der Waals surface area (Å²) in [5.74, 6) is 0.372. The third kappa shape index (κ3) is 4.54. The first kappa shape index (κ1) is 17.3. The van der Waals surface area contributed by atoms with E-state index >= 15 is 0 Å². The van der Waals surface area contributed by atoms with Crippen molar-refractivity contribution in [3.8, 4) is 5.75 Å². The molecule has 0 aliphatic carbocycles. The molecule has 0 saturated heterocycles. The highest BCUT2D eigenvalue weighted by molar-refractivity contribution is 6.03. The highest BCUT2D eigenvalue weighted by Crippen LogP contribution is 2.13. The maximum Gasteiger partial charge on any atom is 0.258 e. The second kappa shape index (κ2) is 8.06. The van der Waals surface area contributed by atoms with Gasteiger partial charge in [0.1, 0.15) is 11.6 Å². The lowest BCUT2D eigenvalue weighted by Gasteiger charge is -2.07. The average molecular weight is 352 g/mol. The molecule has 3 rings (SSSR count). The summed E-state index contributed by atoms with van der Waals surface area (Å²) < 4.78 is 18.3. The van der Waals surface area contributed by atoms with Crippen LogP contribution in [0.4, 0.5) is 16.0 Å². The van der Waals surface area contributed by atoms with E-state index in [1.54, 1.807) is 13.2 Å². The Balaban J connectivity index is 1.57. The summed E-state index contributed by atoms with van der Waals surface area (Å²) in [6, 6.07) is 13.3.